The summed E-state index contributed by atoms with van der Waals surface area (Å²) in [7, 11) is 0. The van der Waals surface area contributed by atoms with Crippen LogP contribution >= 0.6 is 0 Å². The molecule has 3 amide bonds. The third-order valence-corrected chi connectivity index (χ3v) is 3.75. The summed E-state index contributed by atoms with van der Waals surface area (Å²) in [6.45, 7) is 5.87. The Bertz CT molecular complexity index is 577. The standard InChI is InChI=1S/C17H25N3O3/c1-17(2,3)14(21)10-18-16(23)20-13-6-4-5-11(9-13)15(22)19-12-7-8-12/h4-6,9,12,14,21H,7-8,10H2,1-3H3,(H,19,22)(H2,18,20,23). The van der Waals surface area contributed by atoms with Crippen molar-refractivity contribution in [2.24, 2.45) is 5.41 Å². The fourth-order valence-electron chi connectivity index (χ4n) is 1.91. The van der Waals surface area contributed by atoms with E-state index in [-0.39, 0.29) is 17.9 Å². The molecule has 0 aromatic heterocycles. The number of amides is 3. The van der Waals surface area contributed by atoms with Crippen molar-refractivity contribution in [1.29, 1.82) is 0 Å². The molecule has 6 nitrogen and oxygen atoms in total. The van der Waals surface area contributed by atoms with Crippen molar-refractivity contribution in [3.05, 3.63) is 29.8 Å². The normalized spacial score (nSPS) is 15.7. The summed E-state index contributed by atoms with van der Waals surface area (Å²) < 4.78 is 0. The first-order chi connectivity index (χ1) is 10.8. The summed E-state index contributed by atoms with van der Waals surface area (Å²) in [5.74, 6) is -0.125. The summed E-state index contributed by atoms with van der Waals surface area (Å²) in [6, 6.07) is 6.67. The number of hydrogen-bond donors (Lipinski definition) is 4. The van der Waals surface area contributed by atoms with E-state index in [1.165, 1.54) is 0 Å². The van der Waals surface area contributed by atoms with Crippen LogP contribution in [0.4, 0.5) is 10.5 Å². The second-order valence-corrected chi connectivity index (χ2v) is 7.05. The van der Waals surface area contributed by atoms with Crippen LogP contribution in [0.25, 0.3) is 0 Å². The monoisotopic (exact) mass is 319 g/mol. The molecule has 2 rings (SSSR count). The SMILES string of the molecule is CC(C)(C)C(O)CNC(=O)Nc1cccc(C(=O)NC2CC2)c1. The van der Waals surface area contributed by atoms with Gasteiger partial charge in [0.25, 0.3) is 5.91 Å². The van der Waals surface area contributed by atoms with Crippen LogP contribution in [0.15, 0.2) is 24.3 Å². The highest BCUT2D eigenvalue weighted by molar-refractivity contribution is 5.97. The molecule has 4 N–H and O–H groups in total. The quantitative estimate of drug-likeness (QED) is 0.670. The second-order valence-electron chi connectivity index (χ2n) is 7.05. The minimum atomic E-state index is -0.635. The number of urea groups is 1. The van der Waals surface area contributed by atoms with Crippen molar-refractivity contribution in [1.82, 2.24) is 10.6 Å². The van der Waals surface area contributed by atoms with E-state index in [0.29, 0.717) is 17.3 Å². The smallest absolute Gasteiger partial charge is 0.319 e. The maximum absolute atomic E-state index is 12.0. The molecule has 0 aliphatic heterocycles. The number of anilines is 1. The number of aliphatic hydroxyl groups is 1. The van der Waals surface area contributed by atoms with Gasteiger partial charge in [-0.2, -0.15) is 0 Å². The van der Waals surface area contributed by atoms with Crippen LogP contribution in [-0.2, 0) is 0 Å². The van der Waals surface area contributed by atoms with Crippen LogP contribution in [0, 0.1) is 5.41 Å². The summed E-state index contributed by atoms with van der Waals surface area (Å²) in [5, 5.41) is 18.1. The lowest BCUT2D eigenvalue weighted by atomic mass is 9.89. The van der Waals surface area contributed by atoms with Gasteiger partial charge in [-0.15, -0.1) is 0 Å². The van der Waals surface area contributed by atoms with Crippen LogP contribution in [0.3, 0.4) is 0 Å². The van der Waals surface area contributed by atoms with Gasteiger partial charge in [0.15, 0.2) is 0 Å². The predicted molar refractivity (Wildman–Crippen MR) is 89.4 cm³/mol. The maximum atomic E-state index is 12.0. The van der Waals surface area contributed by atoms with Gasteiger partial charge in [0.1, 0.15) is 0 Å². The van der Waals surface area contributed by atoms with Gasteiger partial charge >= 0.3 is 6.03 Å². The van der Waals surface area contributed by atoms with E-state index < -0.39 is 12.1 Å². The lowest BCUT2D eigenvalue weighted by Gasteiger charge is -2.25. The fraction of sp³-hybridized carbons (Fsp3) is 0.529. The van der Waals surface area contributed by atoms with Crippen molar-refractivity contribution >= 4 is 17.6 Å². The second kappa shape index (κ2) is 7.00. The molecule has 1 aromatic rings. The molecule has 0 heterocycles. The molecule has 1 atom stereocenters. The highest BCUT2D eigenvalue weighted by atomic mass is 16.3. The summed E-state index contributed by atoms with van der Waals surface area (Å²) in [4.78, 5) is 23.9. The number of aliphatic hydroxyl groups excluding tert-OH is 1. The van der Waals surface area contributed by atoms with Gasteiger partial charge in [0, 0.05) is 23.8 Å². The van der Waals surface area contributed by atoms with Gasteiger partial charge in [0.2, 0.25) is 0 Å². The van der Waals surface area contributed by atoms with Gasteiger partial charge in [-0.3, -0.25) is 4.79 Å². The Morgan fingerprint density at radius 3 is 2.61 bits per heavy atom. The summed E-state index contributed by atoms with van der Waals surface area (Å²) in [5.41, 5.74) is 0.759. The Morgan fingerprint density at radius 2 is 2.00 bits per heavy atom. The first-order valence-corrected chi connectivity index (χ1v) is 7.89. The molecule has 1 saturated carbocycles. The van der Waals surface area contributed by atoms with Crippen molar-refractivity contribution in [3.63, 3.8) is 0 Å². The topological polar surface area (TPSA) is 90.5 Å². The first-order valence-electron chi connectivity index (χ1n) is 7.89. The van der Waals surface area contributed by atoms with E-state index in [2.05, 4.69) is 16.0 Å². The molecular formula is C17H25N3O3. The van der Waals surface area contributed by atoms with E-state index in [1.807, 2.05) is 20.8 Å². The van der Waals surface area contributed by atoms with Crippen molar-refractivity contribution in [3.8, 4) is 0 Å². The van der Waals surface area contributed by atoms with Gasteiger partial charge in [-0.25, -0.2) is 4.79 Å². The van der Waals surface area contributed by atoms with Gasteiger partial charge < -0.3 is 21.1 Å². The predicted octanol–water partition coefficient (Wildman–Crippen LogP) is 2.11. The lowest BCUT2D eigenvalue weighted by Crippen LogP contribution is -2.40. The number of rotatable bonds is 5. The van der Waals surface area contributed by atoms with E-state index in [0.717, 1.165) is 12.8 Å². The van der Waals surface area contributed by atoms with Gasteiger partial charge in [0.05, 0.1) is 6.10 Å². The van der Waals surface area contributed by atoms with Crippen LogP contribution in [-0.4, -0.2) is 35.7 Å². The minimum Gasteiger partial charge on any atom is -0.391 e. The van der Waals surface area contributed by atoms with Crippen LogP contribution in [0.2, 0.25) is 0 Å². The average molecular weight is 319 g/mol. The van der Waals surface area contributed by atoms with Crippen molar-refractivity contribution in [2.75, 3.05) is 11.9 Å². The van der Waals surface area contributed by atoms with Gasteiger partial charge in [-0.05, 0) is 36.5 Å². The molecule has 0 bridgehead atoms. The highest BCUT2D eigenvalue weighted by Gasteiger charge is 2.24. The molecule has 1 fully saturated rings. The maximum Gasteiger partial charge on any atom is 0.319 e. The molecular weight excluding hydrogens is 294 g/mol. The molecule has 1 unspecified atom stereocenters. The Morgan fingerprint density at radius 1 is 1.30 bits per heavy atom. The number of hydrogen-bond acceptors (Lipinski definition) is 3. The van der Waals surface area contributed by atoms with E-state index in [4.69, 9.17) is 0 Å². The molecule has 23 heavy (non-hydrogen) atoms. The van der Waals surface area contributed by atoms with Crippen LogP contribution in [0.1, 0.15) is 44.0 Å². The van der Waals surface area contributed by atoms with E-state index >= 15 is 0 Å². The van der Waals surface area contributed by atoms with E-state index in [9.17, 15) is 14.7 Å². The highest BCUT2D eigenvalue weighted by Crippen LogP contribution is 2.20. The average Bonchev–Trinajstić information content (AvgIpc) is 3.28. The molecule has 6 heteroatoms. The number of benzene rings is 1. The number of carbonyl (C=O) groups is 2. The third kappa shape index (κ3) is 5.56. The van der Waals surface area contributed by atoms with Gasteiger partial charge in [-0.1, -0.05) is 26.8 Å². The zero-order valence-corrected chi connectivity index (χ0v) is 13.8. The Balaban J connectivity index is 1.86. The molecule has 0 spiro atoms. The van der Waals surface area contributed by atoms with Crippen molar-refractivity contribution < 1.29 is 14.7 Å². The molecule has 0 radical (unpaired) electrons. The van der Waals surface area contributed by atoms with Crippen LogP contribution < -0.4 is 16.0 Å². The summed E-state index contributed by atoms with van der Waals surface area (Å²) in [6.07, 6.45) is 1.42. The zero-order chi connectivity index (χ0) is 17.0. The number of nitrogens with one attached hydrogen (secondary N) is 3. The lowest BCUT2D eigenvalue weighted by molar-refractivity contribution is 0.0654. The number of carbonyl (C=O) groups excluding carboxylic acids is 2. The van der Waals surface area contributed by atoms with E-state index in [1.54, 1.807) is 24.3 Å². The largest absolute Gasteiger partial charge is 0.391 e. The fourth-order valence-corrected chi connectivity index (χ4v) is 1.91. The molecule has 1 aliphatic rings. The molecule has 0 saturated heterocycles. The zero-order valence-electron chi connectivity index (χ0n) is 13.8. The minimum absolute atomic E-state index is 0.125. The molecule has 1 aliphatic carbocycles. The first kappa shape index (κ1) is 17.3. The summed E-state index contributed by atoms with van der Waals surface area (Å²) >= 11 is 0. The Kier molecular flexibility index (Phi) is 5.26. The molecule has 126 valence electrons. The van der Waals surface area contributed by atoms with Crippen molar-refractivity contribution in [2.45, 2.75) is 45.8 Å². The Labute approximate surface area is 136 Å². The third-order valence-electron chi connectivity index (χ3n) is 3.75. The van der Waals surface area contributed by atoms with Crippen LogP contribution in [0.5, 0.6) is 0 Å². The Hall–Kier alpha value is -2.08. The molecule has 1 aromatic carbocycles.